The van der Waals surface area contributed by atoms with Crippen LogP contribution in [-0.4, -0.2) is 12.6 Å². The summed E-state index contributed by atoms with van der Waals surface area (Å²) in [4.78, 5) is 0. The Kier molecular flexibility index (Phi) is 5.72. The van der Waals surface area contributed by atoms with E-state index in [4.69, 9.17) is 10.5 Å². The number of ether oxygens (including phenoxy) is 1. The molecule has 2 N–H and O–H groups in total. The molecule has 0 fully saturated rings. The van der Waals surface area contributed by atoms with Gasteiger partial charge in [0.2, 0.25) is 0 Å². The lowest BCUT2D eigenvalue weighted by molar-refractivity contribution is 0.345. The molecule has 2 nitrogen and oxygen atoms in total. The number of benzene rings is 1. The molecule has 3 heteroatoms. The zero-order valence-corrected chi connectivity index (χ0v) is 12.1. The second kappa shape index (κ2) is 6.82. The van der Waals surface area contributed by atoms with Crippen LogP contribution in [0.1, 0.15) is 25.8 Å². The van der Waals surface area contributed by atoms with Gasteiger partial charge in [0.05, 0.1) is 4.47 Å². The van der Waals surface area contributed by atoms with Crippen LogP contribution >= 0.6 is 15.9 Å². The van der Waals surface area contributed by atoms with Crippen molar-refractivity contribution in [1.29, 1.82) is 0 Å². The highest BCUT2D eigenvalue weighted by Gasteiger charge is 2.11. The zero-order chi connectivity index (χ0) is 12.8. The summed E-state index contributed by atoms with van der Waals surface area (Å²) in [5.41, 5.74) is 8.15. The maximum Gasteiger partial charge on any atom is 0.137 e. The molecule has 1 atom stereocenters. The lowest BCUT2D eigenvalue weighted by Gasteiger charge is -2.15. The first-order valence-corrected chi connectivity index (χ1v) is 6.64. The molecule has 0 saturated carbocycles. The first-order valence-electron chi connectivity index (χ1n) is 5.84. The molecule has 0 radical (unpaired) electrons. The van der Waals surface area contributed by atoms with E-state index in [0.717, 1.165) is 34.2 Å². The molecule has 1 aromatic rings. The Hall–Kier alpha value is -0.800. The van der Waals surface area contributed by atoms with Gasteiger partial charge in [-0.15, -0.1) is 0 Å². The highest BCUT2D eigenvalue weighted by molar-refractivity contribution is 9.10. The Balaban J connectivity index is 2.87. The quantitative estimate of drug-likeness (QED) is 0.813. The van der Waals surface area contributed by atoms with E-state index in [1.807, 2.05) is 19.1 Å². The summed E-state index contributed by atoms with van der Waals surface area (Å²) < 4.78 is 6.74. The van der Waals surface area contributed by atoms with Crippen molar-refractivity contribution in [3.05, 3.63) is 40.4 Å². The molecular formula is C14H20BrNO. The van der Waals surface area contributed by atoms with E-state index in [2.05, 4.69) is 35.5 Å². The number of para-hydroxylation sites is 1. The molecule has 0 saturated heterocycles. The fraction of sp³-hybridized carbons (Fsp3) is 0.429. The van der Waals surface area contributed by atoms with Crippen LogP contribution in [0.3, 0.4) is 0 Å². The van der Waals surface area contributed by atoms with Crippen molar-refractivity contribution in [2.45, 2.75) is 32.7 Å². The van der Waals surface area contributed by atoms with Crippen molar-refractivity contribution in [3.63, 3.8) is 0 Å². The summed E-state index contributed by atoms with van der Waals surface area (Å²) in [6.45, 7) is 8.43. The molecule has 0 heterocycles. The van der Waals surface area contributed by atoms with E-state index in [1.165, 1.54) is 0 Å². The molecule has 0 aliphatic heterocycles. The van der Waals surface area contributed by atoms with Crippen molar-refractivity contribution in [3.8, 4) is 5.75 Å². The maximum absolute atomic E-state index is 5.99. The maximum atomic E-state index is 5.99. The van der Waals surface area contributed by atoms with Crippen molar-refractivity contribution >= 4 is 15.9 Å². The minimum Gasteiger partial charge on any atom is -0.488 e. The zero-order valence-electron chi connectivity index (χ0n) is 10.5. The number of nitrogens with two attached hydrogens (primary N) is 1. The van der Waals surface area contributed by atoms with E-state index < -0.39 is 0 Å². The van der Waals surface area contributed by atoms with E-state index >= 15 is 0 Å². The van der Waals surface area contributed by atoms with Crippen LogP contribution in [-0.2, 0) is 6.42 Å². The molecule has 17 heavy (non-hydrogen) atoms. The molecule has 0 spiro atoms. The lowest BCUT2D eigenvalue weighted by Crippen LogP contribution is -2.21. The van der Waals surface area contributed by atoms with Crippen LogP contribution in [0.2, 0.25) is 0 Å². The fourth-order valence-corrected chi connectivity index (χ4v) is 2.02. The summed E-state index contributed by atoms with van der Waals surface area (Å²) in [5, 5.41) is 0. The number of hydrogen-bond acceptors (Lipinski definition) is 2. The van der Waals surface area contributed by atoms with Crippen LogP contribution < -0.4 is 10.5 Å². The molecule has 0 bridgehead atoms. The van der Waals surface area contributed by atoms with Crippen LogP contribution in [0.15, 0.2) is 34.8 Å². The standard InChI is InChI=1S/C14H20BrNO/c1-4-12(16)8-11-6-5-7-13(15)14(11)17-9-10(2)3/h5-7,12H,2,4,8-9,16H2,1,3H3. The van der Waals surface area contributed by atoms with Crippen molar-refractivity contribution in [2.24, 2.45) is 5.73 Å². The summed E-state index contributed by atoms with van der Waals surface area (Å²) in [6, 6.07) is 6.23. The summed E-state index contributed by atoms with van der Waals surface area (Å²) >= 11 is 3.51. The number of halogens is 1. The summed E-state index contributed by atoms with van der Waals surface area (Å²) in [5.74, 6) is 0.888. The van der Waals surface area contributed by atoms with Gasteiger partial charge < -0.3 is 10.5 Å². The molecule has 94 valence electrons. The average Bonchev–Trinajstić information content (AvgIpc) is 2.27. The Morgan fingerprint density at radius 2 is 2.24 bits per heavy atom. The molecule has 0 aliphatic carbocycles. The van der Waals surface area contributed by atoms with Crippen LogP contribution in [0.25, 0.3) is 0 Å². The van der Waals surface area contributed by atoms with Crippen molar-refractivity contribution < 1.29 is 4.74 Å². The van der Waals surface area contributed by atoms with Crippen molar-refractivity contribution in [2.75, 3.05) is 6.61 Å². The van der Waals surface area contributed by atoms with E-state index in [9.17, 15) is 0 Å². The summed E-state index contributed by atoms with van der Waals surface area (Å²) in [7, 11) is 0. The third-order valence-electron chi connectivity index (χ3n) is 2.52. The van der Waals surface area contributed by atoms with Crippen molar-refractivity contribution in [1.82, 2.24) is 0 Å². The molecule has 1 rings (SSSR count). The van der Waals surface area contributed by atoms with Gasteiger partial charge in [-0.05, 0) is 52.9 Å². The average molecular weight is 298 g/mol. The third kappa shape index (κ3) is 4.52. The van der Waals surface area contributed by atoms with Gasteiger partial charge in [0.15, 0.2) is 0 Å². The number of rotatable bonds is 6. The Morgan fingerprint density at radius 3 is 2.82 bits per heavy atom. The van der Waals surface area contributed by atoms with Gasteiger partial charge in [0, 0.05) is 6.04 Å². The topological polar surface area (TPSA) is 35.2 Å². The van der Waals surface area contributed by atoms with Gasteiger partial charge >= 0.3 is 0 Å². The SMILES string of the molecule is C=C(C)COc1c(Br)cccc1CC(N)CC. The van der Waals surface area contributed by atoms with E-state index in [1.54, 1.807) is 0 Å². The van der Waals surface area contributed by atoms with Gasteiger partial charge in [0.25, 0.3) is 0 Å². The van der Waals surface area contributed by atoms with Gasteiger partial charge in [-0.2, -0.15) is 0 Å². The Labute approximate surface area is 112 Å². The van der Waals surface area contributed by atoms with Gasteiger partial charge in [0.1, 0.15) is 12.4 Å². The van der Waals surface area contributed by atoms with Gasteiger partial charge in [-0.1, -0.05) is 25.6 Å². The van der Waals surface area contributed by atoms with Gasteiger partial charge in [-0.25, -0.2) is 0 Å². The largest absolute Gasteiger partial charge is 0.488 e. The first-order chi connectivity index (χ1) is 8.04. The van der Waals surface area contributed by atoms with Crippen LogP contribution in [0, 0.1) is 0 Å². The minimum atomic E-state index is 0.177. The van der Waals surface area contributed by atoms with Gasteiger partial charge in [-0.3, -0.25) is 0 Å². The molecule has 1 unspecified atom stereocenters. The molecule has 0 amide bonds. The monoisotopic (exact) mass is 297 g/mol. The molecule has 1 aromatic carbocycles. The number of hydrogen-bond donors (Lipinski definition) is 1. The molecular weight excluding hydrogens is 278 g/mol. The Bertz CT molecular complexity index is 390. The predicted octanol–water partition coefficient (Wildman–Crippen LogP) is 3.68. The second-order valence-electron chi connectivity index (χ2n) is 4.35. The normalized spacial score (nSPS) is 12.2. The highest BCUT2D eigenvalue weighted by atomic mass is 79.9. The molecule has 0 aliphatic rings. The van der Waals surface area contributed by atoms with E-state index in [-0.39, 0.29) is 6.04 Å². The second-order valence-corrected chi connectivity index (χ2v) is 5.20. The van der Waals surface area contributed by atoms with E-state index in [0.29, 0.717) is 6.61 Å². The summed E-state index contributed by atoms with van der Waals surface area (Å²) in [6.07, 6.45) is 1.80. The van der Waals surface area contributed by atoms with Crippen LogP contribution in [0.4, 0.5) is 0 Å². The highest BCUT2D eigenvalue weighted by Crippen LogP contribution is 2.30. The molecule has 0 aromatic heterocycles. The van der Waals surface area contributed by atoms with Crippen LogP contribution in [0.5, 0.6) is 5.75 Å². The lowest BCUT2D eigenvalue weighted by atomic mass is 10.0. The minimum absolute atomic E-state index is 0.177. The smallest absolute Gasteiger partial charge is 0.137 e. The first kappa shape index (κ1) is 14.3. The third-order valence-corrected chi connectivity index (χ3v) is 3.14. The Morgan fingerprint density at radius 1 is 1.53 bits per heavy atom. The predicted molar refractivity (Wildman–Crippen MR) is 76.4 cm³/mol. The fourth-order valence-electron chi connectivity index (χ4n) is 1.50.